The first-order valence-electron chi connectivity index (χ1n) is 12.4. The third-order valence-electron chi connectivity index (χ3n) is 6.00. The van der Waals surface area contributed by atoms with Gasteiger partial charge in [0.2, 0.25) is 15.9 Å². The Morgan fingerprint density at radius 2 is 1.74 bits per heavy atom. The molecule has 0 radical (unpaired) electrons. The van der Waals surface area contributed by atoms with Gasteiger partial charge in [-0.3, -0.25) is 4.79 Å². The molecule has 4 aromatic rings. The monoisotopic (exact) mass is 611 g/mol. The van der Waals surface area contributed by atoms with E-state index in [9.17, 15) is 30.8 Å². The Balaban J connectivity index is 1.58. The van der Waals surface area contributed by atoms with E-state index in [1.54, 1.807) is 18.2 Å². The Morgan fingerprint density at radius 3 is 2.37 bits per heavy atom. The lowest BCUT2D eigenvalue weighted by atomic mass is 10.0. The number of benzene rings is 3. The molecule has 0 unspecified atom stereocenters. The zero-order valence-corrected chi connectivity index (χ0v) is 23.2. The molecular formula is C31H22F5N3O3S. The zero-order chi connectivity index (χ0) is 31.4. The van der Waals surface area contributed by atoms with Crippen LogP contribution >= 0.6 is 0 Å². The van der Waals surface area contributed by atoms with Gasteiger partial charge in [-0.15, -0.1) is 6.42 Å². The number of halogens is 5. The molecule has 6 nitrogen and oxygen atoms in total. The van der Waals surface area contributed by atoms with Crippen LogP contribution in [-0.2, 0) is 27.5 Å². The van der Waals surface area contributed by atoms with Crippen molar-refractivity contribution in [3.8, 4) is 23.6 Å². The number of pyridine rings is 1. The maximum absolute atomic E-state index is 15.4. The Kier molecular flexibility index (Phi) is 8.96. The van der Waals surface area contributed by atoms with Gasteiger partial charge in [-0.1, -0.05) is 42.3 Å². The Labute approximate surface area is 244 Å². The van der Waals surface area contributed by atoms with Crippen LogP contribution in [0.2, 0.25) is 0 Å². The highest BCUT2D eigenvalue weighted by molar-refractivity contribution is 7.92. The average molecular weight is 612 g/mol. The summed E-state index contributed by atoms with van der Waals surface area (Å²) in [5.74, 6) is -0.0351. The van der Waals surface area contributed by atoms with E-state index in [-0.39, 0.29) is 45.9 Å². The van der Waals surface area contributed by atoms with Crippen molar-refractivity contribution in [3.05, 3.63) is 119 Å². The van der Waals surface area contributed by atoms with E-state index in [0.29, 0.717) is 0 Å². The van der Waals surface area contributed by atoms with Crippen molar-refractivity contribution in [2.45, 2.75) is 12.7 Å². The molecule has 0 saturated heterocycles. The number of carbonyl (C=O) groups excluding carboxylic acids is 1. The summed E-state index contributed by atoms with van der Waals surface area (Å²) in [5.41, 5.74) is -1.25. The van der Waals surface area contributed by atoms with Crippen LogP contribution < -0.4 is 9.62 Å². The van der Waals surface area contributed by atoms with Crippen molar-refractivity contribution in [1.29, 1.82) is 0 Å². The van der Waals surface area contributed by atoms with E-state index in [0.717, 1.165) is 47.0 Å². The topological polar surface area (TPSA) is 79.4 Å². The summed E-state index contributed by atoms with van der Waals surface area (Å²) in [6, 6.07) is 16.9. The summed E-state index contributed by atoms with van der Waals surface area (Å²) < 4.78 is 94.9. The highest BCUT2D eigenvalue weighted by Gasteiger charge is 2.33. The number of carbonyl (C=O) groups is 1. The number of para-hydroxylation sites is 1. The SMILES string of the molecule is C#Cc1cc(CNC(=O)/C=C\c2ccc(C(F)(F)F)nc2-c2cccc(F)c2)cc(F)c1N(c1ccccc1)S(C)(=O)=O. The van der Waals surface area contributed by atoms with Crippen LogP contribution in [0, 0.1) is 24.0 Å². The largest absolute Gasteiger partial charge is 0.433 e. The van der Waals surface area contributed by atoms with Gasteiger partial charge in [0.25, 0.3) is 0 Å². The number of terminal acetylenes is 1. The number of hydrogen-bond acceptors (Lipinski definition) is 4. The van der Waals surface area contributed by atoms with Crippen LogP contribution in [0.25, 0.3) is 17.3 Å². The molecule has 0 spiro atoms. The standard InChI is InChI=1S/C31H22F5N3O3S/c1-3-21-16-20(17-26(33)30(21)39(43(2,41)42)25-10-5-4-6-11-25)19-37-28(40)15-13-22-12-14-27(31(34,35)36)38-29(22)23-8-7-9-24(32)18-23/h1,4-18H,19H2,2H3,(H,37,40)/b15-13-. The van der Waals surface area contributed by atoms with Gasteiger partial charge in [0.1, 0.15) is 23.0 Å². The van der Waals surface area contributed by atoms with Crippen LogP contribution in [0.15, 0.2) is 84.9 Å². The summed E-state index contributed by atoms with van der Waals surface area (Å²) in [7, 11) is -4.00. The Morgan fingerprint density at radius 1 is 1.02 bits per heavy atom. The third-order valence-corrected chi connectivity index (χ3v) is 7.06. The molecule has 1 amide bonds. The van der Waals surface area contributed by atoms with Crippen LogP contribution in [0.4, 0.5) is 33.3 Å². The fourth-order valence-corrected chi connectivity index (χ4v) is 5.19. The number of hydrogen-bond donors (Lipinski definition) is 1. The summed E-state index contributed by atoms with van der Waals surface area (Å²) in [4.78, 5) is 16.2. The molecule has 0 saturated carbocycles. The number of nitrogens with zero attached hydrogens (tertiary/aromatic N) is 2. The van der Waals surface area contributed by atoms with Crippen LogP contribution in [0.5, 0.6) is 0 Å². The van der Waals surface area contributed by atoms with E-state index in [1.807, 2.05) is 0 Å². The van der Waals surface area contributed by atoms with Gasteiger partial charge in [0.15, 0.2) is 0 Å². The summed E-state index contributed by atoms with van der Waals surface area (Å²) in [5, 5.41) is 2.51. The first kappa shape index (κ1) is 30.9. The molecule has 1 N–H and O–H groups in total. The normalized spacial score (nSPS) is 11.7. The molecule has 0 aliphatic carbocycles. The molecular weight excluding hydrogens is 589 g/mol. The van der Waals surface area contributed by atoms with E-state index in [1.165, 1.54) is 36.4 Å². The maximum Gasteiger partial charge on any atom is 0.433 e. The van der Waals surface area contributed by atoms with Gasteiger partial charge >= 0.3 is 6.18 Å². The van der Waals surface area contributed by atoms with E-state index >= 15 is 4.39 Å². The predicted octanol–water partition coefficient (Wildman–Crippen LogP) is 6.45. The number of alkyl halides is 3. The van der Waals surface area contributed by atoms with E-state index < -0.39 is 39.4 Å². The third kappa shape index (κ3) is 7.44. The number of sulfonamides is 1. The molecule has 12 heteroatoms. The van der Waals surface area contributed by atoms with Gasteiger partial charge in [-0.25, -0.2) is 26.5 Å². The highest BCUT2D eigenvalue weighted by Crippen LogP contribution is 2.35. The molecule has 0 aliphatic rings. The Hall–Kier alpha value is -5.02. The highest BCUT2D eigenvalue weighted by atomic mass is 32.2. The van der Waals surface area contributed by atoms with Gasteiger partial charge in [0, 0.05) is 23.7 Å². The van der Waals surface area contributed by atoms with Crippen molar-refractivity contribution in [2.75, 3.05) is 10.6 Å². The number of aromatic nitrogens is 1. The van der Waals surface area contributed by atoms with E-state index in [4.69, 9.17) is 6.42 Å². The predicted molar refractivity (Wildman–Crippen MR) is 153 cm³/mol. The van der Waals surface area contributed by atoms with Crippen molar-refractivity contribution >= 4 is 33.4 Å². The van der Waals surface area contributed by atoms with Crippen LogP contribution in [0.1, 0.15) is 22.4 Å². The lowest BCUT2D eigenvalue weighted by molar-refractivity contribution is -0.141. The second-order valence-electron chi connectivity index (χ2n) is 9.17. The number of nitrogens with one attached hydrogen (secondary N) is 1. The second-order valence-corrected chi connectivity index (χ2v) is 11.0. The lowest BCUT2D eigenvalue weighted by Crippen LogP contribution is -2.27. The molecule has 0 fully saturated rings. The molecule has 0 aliphatic heterocycles. The van der Waals surface area contributed by atoms with Crippen molar-refractivity contribution in [3.63, 3.8) is 0 Å². The molecule has 0 bridgehead atoms. The minimum Gasteiger partial charge on any atom is -0.348 e. The molecule has 43 heavy (non-hydrogen) atoms. The molecule has 1 heterocycles. The minimum absolute atomic E-state index is 0.0715. The maximum atomic E-state index is 15.4. The minimum atomic E-state index is -4.75. The summed E-state index contributed by atoms with van der Waals surface area (Å²) >= 11 is 0. The fraction of sp³-hybridized carbons (Fsp3) is 0.0968. The number of anilines is 2. The quantitative estimate of drug-likeness (QED) is 0.141. The van der Waals surface area contributed by atoms with E-state index in [2.05, 4.69) is 16.2 Å². The molecule has 4 rings (SSSR count). The van der Waals surface area contributed by atoms with Crippen LogP contribution in [0.3, 0.4) is 0 Å². The van der Waals surface area contributed by atoms with Crippen molar-refractivity contribution in [1.82, 2.24) is 10.3 Å². The smallest absolute Gasteiger partial charge is 0.348 e. The second kappa shape index (κ2) is 12.5. The van der Waals surface area contributed by atoms with Gasteiger partial charge in [-0.05, 0) is 54.1 Å². The zero-order valence-electron chi connectivity index (χ0n) is 22.4. The van der Waals surface area contributed by atoms with Crippen molar-refractivity contribution in [2.24, 2.45) is 0 Å². The molecule has 0 atom stereocenters. The van der Waals surface area contributed by atoms with Gasteiger partial charge in [0.05, 0.1) is 23.2 Å². The first-order valence-corrected chi connectivity index (χ1v) is 14.3. The molecule has 220 valence electrons. The average Bonchev–Trinajstić information content (AvgIpc) is 2.95. The summed E-state index contributed by atoms with van der Waals surface area (Å²) in [6.45, 7) is -0.221. The van der Waals surface area contributed by atoms with Gasteiger partial charge < -0.3 is 5.32 Å². The van der Waals surface area contributed by atoms with Crippen molar-refractivity contribution < 1.29 is 35.2 Å². The Bertz CT molecular complexity index is 1850. The number of rotatable bonds is 8. The molecule has 3 aromatic carbocycles. The fourth-order valence-electron chi connectivity index (χ4n) is 4.17. The van der Waals surface area contributed by atoms with Crippen LogP contribution in [-0.4, -0.2) is 25.6 Å². The van der Waals surface area contributed by atoms with Gasteiger partial charge in [-0.2, -0.15) is 13.2 Å². The summed E-state index contributed by atoms with van der Waals surface area (Å²) in [6.07, 6.45) is 3.99. The lowest BCUT2D eigenvalue weighted by Gasteiger charge is -2.24. The molecule has 1 aromatic heterocycles. The number of amides is 1. The first-order chi connectivity index (χ1) is 20.3.